The number of hydrogen-bond acceptors (Lipinski definition) is 2. The van der Waals surface area contributed by atoms with E-state index in [2.05, 4.69) is 19.2 Å². The maximum Gasteiger partial charge on any atom is 0.317 e. The van der Waals surface area contributed by atoms with Crippen LogP contribution in [0.15, 0.2) is 0 Å². The monoisotopic (exact) mass is 268 g/mol. The van der Waals surface area contributed by atoms with Gasteiger partial charge < -0.3 is 15.3 Å². The van der Waals surface area contributed by atoms with Crippen LogP contribution in [0.3, 0.4) is 0 Å². The van der Waals surface area contributed by atoms with E-state index >= 15 is 0 Å². The van der Waals surface area contributed by atoms with Crippen molar-refractivity contribution in [3.63, 3.8) is 0 Å². The van der Waals surface area contributed by atoms with Crippen LogP contribution < -0.4 is 5.32 Å². The summed E-state index contributed by atoms with van der Waals surface area (Å²) in [5, 5.41) is 12.0. The highest BCUT2D eigenvalue weighted by Crippen LogP contribution is 2.27. The second-order valence-corrected chi connectivity index (χ2v) is 6.05. The van der Waals surface area contributed by atoms with E-state index in [4.69, 9.17) is 5.11 Å². The number of piperidine rings is 1. The highest BCUT2D eigenvalue weighted by molar-refractivity contribution is 5.75. The van der Waals surface area contributed by atoms with Gasteiger partial charge in [0, 0.05) is 18.6 Å². The quantitative estimate of drug-likeness (QED) is 0.805. The third kappa shape index (κ3) is 3.19. The number of carbonyl (C=O) groups is 2. The summed E-state index contributed by atoms with van der Waals surface area (Å²) in [7, 11) is 0. The van der Waals surface area contributed by atoms with Crippen LogP contribution in [-0.2, 0) is 4.79 Å². The first-order chi connectivity index (χ1) is 8.99. The molecule has 0 bridgehead atoms. The average molecular weight is 268 g/mol. The van der Waals surface area contributed by atoms with Gasteiger partial charge in [-0.1, -0.05) is 6.92 Å². The van der Waals surface area contributed by atoms with E-state index in [1.54, 1.807) is 0 Å². The molecule has 1 saturated carbocycles. The molecule has 1 aliphatic heterocycles. The predicted octanol–water partition coefficient (Wildman–Crippen LogP) is 2.07. The average Bonchev–Trinajstić information content (AvgIpc) is 2.81. The van der Waals surface area contributed by atoms with Crippen molar-refractivity contribution in [1.29, 1.82) is 0 Å². The van der Waals surface area contributed by atoms with Crippen molar-refractivity contribution in [3.05, 3.63) is 0 Å². The fraction of sp³-hybridized carbons (Fsp3) is 0.857. The molecule has 5 heteroatoms. The summed E-state index contributed by atoms with van der Waals surface area (Å²) in [5.74, 6) is -0.491. The number of carboxylic acids is 1. The fourth-order valence-corrected chi connectivity index (χ4v) is 3.22. The highest BCUT2D eigenvalue weighted by Gasteiger charge is 2.33. The number of aliphatic carboxylic acids is 1. The molecule has 4 atom stereocenters. The molecule has 0 radical (unpaired) electrons. The molecule has 0 aromatic heterocycles. The lowest BCUT2D eigenvalue weighted by Crippen LogP contribution is -2.52. The minimum absolute atomic E-state index is 0.0184. The summed E-state index contributed by atoms with van der Waals surface area (Å²) < 4.78 is 0. The fourth-order valence-electron chi connectivity index (χ4n) is 3.22. The first kappa shape index (κ1) is 14.2. The molecule has 0 aromatic carbocycles. The van der Waals surface area contributed by atoms with Crippen LogP contribution in [0.1, 0.15) is 46.0 Å². The molecule has 2 rings (SSSR count). The number of urea groups is 1. The lowest BCUT2D eigenvalue weighted by atomic mass is 9.92. The third-order valence-electron chi connectivity index (χ3n) is 4.74. The maximum absolute atomic E-state index is 12.3. The van der Waals surface area contributed by atoms with Gasteiger partial charge in [-0.2, -0.15) is 0 Å². The number of hydrogen-bond donors (Lipinski definition) is 2. The molecular formula is C14H24N2O3. The van der Waals surface area contributed by atoms with E-state index in [1.165, 1.54) is 6.42 Å². The van der Waals surface area contributed by atoms with E-state index in [1.807, 2.05) is 4.90 Å². The summed E-state index contributed by atoms with van der Waals surface area (Å²) in [6.07, 6.45) is 4.25. The van der Waals surface area contributed by atoms with Crippen molar-refractivity contribution in [2.24, 2.45) is 11.8 Å². The Hall–Kier alpha value is -1.26. The summed E-state index contributed by atoms with van der Waals surface area (Å²) in [5.41, 5.74) is 0. The van der Waals surface area contributed by atoms with Crippen LogP contribution in [0.4, 0.5) is 4.79 Å². The van der Waals surface area contributed by atoms with Crippen molar-refractivity contribution in [2.45, 2.75) is 58.0 Å². The normalized spacial score (nSPS) is 35.2. The van der Waals surface area contributed by atoms with Gasteiger partial charge >= 0.3 is 12.0 Å². The zero-order chi connectivity index (χ0) is 14.0. The van der Waals surface area contributed by atoms with Gasteiger partial charge in [0.2, 0.25) is 0 Å². The van der Waals surface area contributed by atoms with E-state index in [0.29, 0.717) is 18.8 Å². The molecule has 1 heterocycles. The Kier molecular flexibility index (Phi) is 4.32. The first-order valence-electron chi connectivity index (χ1n) is 7.29. The Balaban J connectivity index is 1.86. The van der Waals surface area contributed by atoms with Crippen LogP contribution >= 0.6 is 0 Å². The number of carboxylic acid groups (broad SMARTS) is 1. The molecule has 19 heavy (non-hydrogen) atoms. The lowest BCUT2D eigenvalue weighted by molar-refractivity contribution is -0.141. The van der Waals surface area contributed by atoms with Gasteiger partial charge in [0.25, 0.3) is 0 Å². The summed E-state index contributed by atoms with van der Waals surface area (Å²) >= 11 is 0. The Labute approximate surface area is 114 Å². The van der Waals surface area contributed by atoms with Crippen molar-refractivity contribution in [1.82, 2.24) is 10.2 Å². The molecule has 0 spiro atoms. The molecule has 2 aliphatic rings. The topological polar surface area (TPSA) is 69.6 Å². The zero-order valence-electron chi connectivity index (χ0n) is 11.8. The SMILES string of the molecule is CC1CCCN(C(=O)NC2CCC(C(=O)O)C2)C1C. The first-order valence-corrected chi connectivity index (χ1v) is 7.29. The largest absolute Gasteiger partial charge is 0.481 e. The van der Waals surface area contributed by atoms with Crippen LogP contribution in [0.5, 0.6) is 0 Å². The Morgan fingerprint density at radius 3 is 2.58 bits per heavy atom. The van der Waals surface area contributed by atoms with Crippen molar-refractivity contribution < 1.29 is 14.7 Å². The molecule has 0 aromatic rings. The van der Waals surface area contributed by atoms with E-state index in [-0.39, 0.29) is 24.0 Å². The van der Waals surface area contributed by atoms with E-state index in [9.17, 15) is 9.59 Å². The molecule has 2 fully saturated rings. The minimum Gasteiger partial charge on any atom is -0.481 e. The van der Waals surface area contributed by atoms with Gasteiger partial charge in [-0.3, -0.25) is 4.79 Å². The Morgan fingerprint density at radius 1 is 1.21 bits per heavy atom. The number of nitrogens with zero attached hydrogens (tertiary/aromatic N) is 1. The number of nitrogens with one attached hydrogen (secondary N) is 1. The highest BCUT2D eigenvalue weighted by atomic mass is 16.4. The van der Waals surface area contributed by atoms with Gasteiger partial charge in [-0.25, -0.2) is 4.79 Å². The second-order valence-electron chi connectivity index (χ2n) is 6.05. The molecular weight excluding hydrogens is 244 g/mol. The molecule has 1 saturated heterocycles. The molecule has 4 unspecified atom stereocenters. The Morgan fingerprint density at radius 2 is 1.95 bits per heavy atom. The van der Waals surface area contributed by atoms with Gasteiger partial charge in [0.15, 0.2) is 0 Å². The van der Waals surface area contributed by atoms with E-state index in [0.717, 1.165) is 19.4 Å². The number of carbonyl (C=O) groups excluding carboxylic acids is 1. The van der Waals surface area contributed by atoms with E-state index < -0.39 is 5.97 Å². The van der Waals surface area contributed by atoms with Gasteiger partial charge in [-0.15, -0.1) is 0 Å². The molecule has 1 aliphatic carbocycles. The maximum atomic E-state index is 12.3. The lowest BCUT2D eigenvalue weighted by Gasteiger charge is -2.38. The predicted molar refractivity (Wildman–Crippen MR) is 71.9 cm³/mol. The van der Waals surface area contributed by atoms with Crippen LogP contribution in [0.2, 0.25) is 0 Å². The summed E-state index contributed by atoms with van der Waals surface area (Å²) in [6.45, 7) is 5.09. The molecule has 5 nitrogen and oxygen atoms in total. The molecule has 2 amide bonds. The number of amides is 2. The Bertz CT molecular complexity index is 359. The summed E-state index contributed by atoms with van der Waals surface area (Å²) in [6, 6.07) is 0.276. The van der Waals surface area contributed by atoms with Crippen LogP contribution in [-0.4, -0.2) is 40.6 Å². The van der Waals surface area contributed by atoms with Crippen molar-refractivity contribution in [2.75, 3.05) is 6.54 Å². The minimum atomic E-state index is -0.739. The zero-order valence-corrected chi connectivity index (χ0v) is 11.8. The number of rotatable bonds is 2. The standard InChI is InChI=1S/C14H24N2O3/c1-9-4-3-7-16(10(9)2)14(19)15-12-6-5-11(8-12)13(17)18/h9-12H,3-8H2,1-2H3,(H,15,19)(H,17,18). The number of likely N-dealkylation sites (tertiary alicyclic amines) is 1. The van der Waals surface area contributed by atoms with Crippen LogP contribution in [0, 0.1) is 11.8 Å². The third-order valence-corrected chi connectivity index (χ3v) is 4.74. The van der Waals surface area contributed by atoms with Crippen molar-refractivity contribution in [3.8, 4) is 0 Å². The summed E-state index contributed by atoms with van der Waals surface area (Å²) in [4.78, 5) is 25.1. The second kappa shape index (κ2) is 5.80. The molecule has 2 N–H and O–H groups in total. The molecule has 108 valence electrons. The van der Waals surface area contributed by atoms with Gasteiger partial charge in [-0.05, 0) is 44.9 Å². The van der Waals surface area contributed by atoms with Gasteiger partial charge in [0.05, 0.1) is 5.92 Å². The van der Waals surface area contributed by atoms with Gasteiger partial charge in [0.1, 0.15) is 0 Å². The van der Waals surface area contributed by atoms with Crippen LogP contribution in [0.25, 0.3) is 0 Å². The smallest absolute Gasteiger partial charge is 0.317 e. The van der Waals surface area contributed by atoms with Crippen molar-refractivity contribution >= 4 is 12.0 Å².